The van der Waals surface area contributed by atoms with Crippen LogP contribution in [-0.4, -0.2) is 46.1 Å². The Kier molecular flexibility index (Phi) is 6.61. The van der Waals surface area contributed by atoms with Crippen LogP contribution in [0.4, 0.5) is 16.5 Å². The maximum absolute atomic E-state index is 13.8. The third kappa shape index (κ3) is 4.78. The van der Waals surface area contributed by atoms with Crippen molar-refractivity contribution in [3.05, 3.63) is 81.5 Å². The highest BCUT2D eigenvalue weighted by molar-refractivity contribution is 7.13. The Morgan fingerprint density at radius 2 is 1.82 bits per heavy atom. The molecule has 192 valence electrons. The summed E-state index contributed by atoms with van der Waals surface area (Å²) in [5.74, 6) is -0.241. The Balaban J connectivity index is 1.27. The van der Waals surface area contributed by atoms with Gasteiger partial charge in [0.25, 0.3) is 11.8 Å². The molecule has 2 aromatic carbocycles. The minimum absolute atomic E-state index is 0.124. The number of carbonyl (C=O) groups excluding carboxylic acids is 2. The number of pyridine rings is 1. The van der Waals surface area contributed by atoms with Crippen molar-refractivity contribution in [2.24, 2.45) is 0 Å². The topological polar surface area (TPSA) is 101 Å². The fourth-order valence-electron chi connectivity index (χ4n) is 4.43. The third-order valence-electron chi connectivity index (χ3n) is 6.36. The minimum Gasteiger partial charge on any atom is -0.455 e. The maximum atomic E-state index is 13.8. The first-order valence-electron chi connectivity index (χ1n) is 11.9. The smallest absolute Gasteiger partial charge is 0.263 e. The summed E-state index contributed by atoms with van der Waals surface area (Å²) >= 11 is 14.1. The molecule has 6 rings (SSSR count). The van der Waals surface area contributed by atoms with Crippen LogP contribution in [0.3, 0.4) is 0 Å². The fourth-order valence-corrected chi connectivity index (χ4v) is 5.31. The Morgan fingerprint density at radius 3 is 2.58 bits per heavy atom. The van der Waals surface area contributed by atoms with E-state index in [2.05, 4.69) is 31.5 Å². The average molecular weight is 567 g/mol. The number of hydrogen-bond acceptors (Lipinski definition) is 8. The molecule has 2 amide bonds. The number of nitrogens with zero attached hydrogens (tertiary/aromatic N) is 5. The molecule has 38 heavy (non-hydrogen) atoms. The number of fused-ring (bicyclic) bond motifs is 1. The molecule has 3 heterocycles. The van der Waals surface area contributed by atoms with Crippen LogP contribution in [0.15, 0.2) is 60.4 Å². The van der Waals surface area contributed by atoms with Crippen LogP contribution in [0.2, 0.25) is 10.0 Å². The Hall–Kier alpha value is -3.73. The summed E-state index contributed by atoms with van der Waals surface area (Å²) < 4.78 is 6.06. The van der Waals surface area contributed by atoms with Gasteiger partial charge in [-0.15, -0.1) is 10.2 Å². The van der Waals surface area contributed by atoms with Gasteiger partial charge in [0.15, 0.2) is 0 Å². The lowest BCUT2D eigenvalue weighted by Gasteiger charge is -2.38. The second kappa shape index (κ2) is 10.2. The van der Waals surface area contributed by atoms with Crippen molar-refractivity contribution in [3.8, 4) is 11.5 Å². The van der Waals surface area contributed by atoms with E-state index in [1.165, 1.54) is 54.2 Å². The number of halogens is 2. The lowest BCUT2D eigenvalue weighted by atomic mass is 10.1. The van der Waals surface area contributed by atoms with Gasteiger partial charge in [-0.25, -0.2) is 0 Å². The quantitative estimate of drug-likeness (QED) is 0.309. The Labute approximate surface area is 232 Å². The molecular weight excluding hydrogens is 547 g/mol. The van der Waals surface area contributed by atoms with Crippen LogP contribution in [0.5, 0.6) is 11.5 Å². The molecule has 1 aliphatic carbocycles. The van der Waals surface area contributed by atoms with E-state index in [9.17, 15) is 9.59 Å². The van der Waals surface area contributed by atoms with Crippen molar-refractivity contribution in [2.75, 3.05) is 28.2 Å². The molecule has 0 spiro atoms. The summed E-state index contributed by atoms with van der Waals surface area (Å²) in [6.45, 7) is 1.30. The predicted molar refractivity (Wildman–Crippen MR) is 147 cm³/mol. The standard InChI is InChI=1S/C26H20Cl2N6O3S/c27-18-12-23(19(28)11-16(18)24(35)31-26-32-30-14-38-26)37-22-7-8-29-13-17(22)25(36)34-10-9-33(15-5-6-15)20-3-1-2-4-21(20)34/h1-4,7-8,11-15H,5-6,9-10H2,(H,31,32,35). The first kappa shape index (κ1) is 24.6. The Bertz CT molecular complexity index is 1530. The molecule has 1 saturated carbocycles. The summed E-state index contributed by atoms with van der Waals surface area (Å²) in [6.07, 6.45) is 5.36. The van der Waals surface area contributed by atoms with Crippen molar-refractivity contribution < 1.29 is 14.3 Å². The largest absolute Gasteiger partial charge is 0.455 e. The number of carbonyl (C=O) groups is 2. The van der Waals surface area contributed by atoms with E-state index in [0.29, 0.717) is 17.7 Å². The third-order valence-corrected chi connectivity index (χ3v) is 7.57. The van der Waals surface area contributed by atoms with Gasteiger partial charge >= 0.3 is 0 Å². The molecule has 0 radical (unpaired) electrons. The van der Waals surface area contributed by atoms with Crippen molar-refractivity contribution in [1.29, 1.82) is 0 Å². The van der Waals surface area contributed by atoms with E-state index in [4.69, 9.17) is 27.9 Å². The number of hydrogen-bond donors (Lipinski definition) is 1. The number of nitrogens with one attached hydrogen (secondary N) is 1. The maximum Gasteiger partial charge on any atom is 0.263 e. The van der Waals surface area contributed by atoms with Gasteiger partial charge in [0, 0.05) is 37.6 Å². The zero-order chi connectivity index (χ0) is 26.2. The van der Waals surface area contributed by atoms with Crippen LogP contribution >= 0.6 is 34.5 Å². The summed E-state index contributed by atoms with van der Waals surface area (Å²) in [4.78, 5) is 34.7. The fraction of sp³-hybridized carbons (Fsp3) is 0.192. The second-order valence-electron chi connectivity index (χ2n) is 8.80. The average Bonchev–Trinajstić information content (AvgIpc) is 3.65. The van der Waals surface area contributed by atoms with Crippen LogP contribution in [0.25, 0.3) is 0 Å². The molecule has 0 saturated heterocycles. The molecule has 2 aromatic heterocycles. The van der Waals surface area contributed by atoms with Crippen LogP contribution in [0, 0.1) is 0 Å². The summed E-state index contributed by atoms with van der Waals surface area (Å²) in [7, 11) is 0. The van der Waals surface area contributed by atoms with Crippen molar-refractivity contribution in [2.45, 2.75) is 18.9 Å². The highest BCUT2D eigenvalue weighted by Gasteiger charge is 2.36. The number of anilines is 3. The van der Waals surface area contributed by atoms with Gasteiger partial charge in [-0.2, -0.15) is 0 Å². The van der Waals surface area contributed by atoms with Crippen LogP contribution in [-0.2, 0) is 0 Å². The SMILES string of the molecule is O=C(Nc1nncs1)c1cc(Cl)c(Oc2ccncc2C(=O)N2CCN(C3CC3)c3ccccc32)cc1Cl. The van der Waals surface area contributed by atoms with Gasteiger partial charge < -0.3 is 14.5 Å². The van der Waals surface area contributed by atoms with Crippen molar-refractivity contribution in [1.82, 2.24) is 15.2 Å². The van der Waals surface area contributed by atoms with Gasteiger partial charge in [0.2, 0.25) is 5.13 Å². The molecule has 0 atom stereocenters. The zero-order valence-corrected chi connectivity index (χ0v) is 22.1. The zero-order valence-electron chi connectivity index (χ0n) is 19.8. The molecule has 12 heteroatoms. The summed E-state index contributed by atoms with van der Waals surface area (Å²) in [6, 6.07) is 12.9. The molecule has 1 N–H and O–H groups in total. The van der Waals surface area contributed by atoms with E-state index in [-0.39, 0.29) is 38.6 Å². The van der Waals surface area contributed by atoms with Gasteiger partial charge in [-0.1, -0.05) is 46.7 Å². The van der Waals surface area contributed by atoms with Crippen LogP contribution in [0.1, 0.15) is 33.6 Å². The molecule has 9 nitrogen and oxygen atoms in total. The monoisotopic (exact) mass is 566 g/mol. The highest BCUT2D eigenvalue weighted by atomic mass is 35.5. The van der Waals surface area contributed by atoms with Gasteiger partial charge in [-0.05, 0) is 37.1 Å². The van der Waals surface area contributed by atoms with Crippen LogP contribution < -0.4 is 19.9 Å². The minimum atomic E-state index is -0.482. The number of benzene rings is 2. The second-order valence-corrected chi connectivity index (χ2v) is 10.5. The Morgan fingerprint density at radius 1 is 1.00 bits per heavy atom. The van der Waals surface area contributed by atoms with E-state index < -0.39 is 5.91 Å². The number of amides is 2. The van der Waals surface area contributed by atoms with Gasteiger partial charge in [0.05, 0.1) is 27.0 Å². The lowest BCUT2D eigenvalue weighted by Crippen LogP contribution is -2.45. The number of ether oxygens (including phenoxy) is 1. The highest BCUT2D eigenvalue weighted by Crippen LogP contribution is 2.41. The normalized spacial score (nSPS) is 14.7. The van der Waals surface area contributed by atoms with Crippen molar-refractivity contribution in [3.63, 3.8) is 0 Å². The summed E-state index contributed by atoms with van der Waals surface area (Å²) in [5, 5.41) is 10.7. The predicted octanol–water partition coefficient (Wildman–Crippen LogP) is 5.91. The molecule has 1 fully saturated rings. The van der Waals surface area contributed by atoms with E-state index in [1.807, 2.05) is 18.2 Å². The lowest BCUT2D eigenvalue weighted by molar-refractivity contribution is 0.0982. The number of rotatable bonds is 6. The summed E-state index contributed by atoms with van der Waals surface area (Å²) in [5.41, 5.74) is 3.85. The first-order valence-corrected chi connectivity index (χ1v) is 13.5. The molecular formula is C26H20Cl2N6O3S. The first-order chi connectivity index (χ1) is 18.5. The molecule has 4 aromatic rings. The molecule has 2 aliphatic rings. The molecule has 0 bridgehead atoms. The van der Waals surface area contributed by atoms with Gasteiger partial charge in [0.1, 0.15) is 22.6 Å². The molecule has 0 unspecified atom stereocenters. The van der Waals surface area contributed by atoms with E-state index in [0.717, 1.165) is 17.9 Å². The van der Waals surface area contributed by atoms with Gasteiger partial charge in [-0.3, -0.25) is 19.9 Å². The number of para-hydroxylation sites is 2. The number of aromatic nitrogens is 3. The van der Waals surface area contributed by atoms with Crippen molar-refractivity contribution >= 4 is 62.9 Å². The van der Waals surface area contributed by atoms with E-state index >= 15 is 0 Å². The van der Waals surface area contributed by atoms with E-state index in [1.54, 1.807) is 11.0 Å². The molecule has 1 aliphatic heterocycles.